The van der Waals surface area contributed by atoms with Crippen LogP contribution in [0, 0.1) is 0 Å². The van der Waals surface area contributed by atoms with Crippen molar-refractivity contribution in [3.63, 3.8) is 0 Å². The third kappa shape index (κ3) is 1.83. The number of rotatable bonds is 2. The molecule has 2 heteroatoms. The SMILES string of the molecule is [2H]c1c([2H])c([2H])c(CON)c([2H])c1[2H]. The Morgan fingerprint density at radius 3 is 2.67 bits per heavy atom. The van der Waals surface area contributed by atoms with Gasteiger partial charge < -0.3 is 0 Å². The number of hydrogen-bond acceptors (Lipinski definition) is 2. The molecule has 0 aliphatic carbocycles. The first kappa shape index (κ1) is 2.40. The molecule has 0 atom stereocenters. The summed E-state index contributed by atoms with van der Waals surface area (Å²) < 4.78 is 36.8. The van der Waals surface area contributed by atoms with Crippen molar-refractivity contribution >= 4 is 0 Å². The number of hydrogen-bond donors (Lipinski definition) is 1. The lowest BCUT2D eigenvalue weighted by Crippen LogP contribution is -1.97. The largest absolute Gasteiger partial charge is 0.300 e. The van der Waals surface area contributed by atoms with Gasteiger partial charge in [-0.1, -0.05) is 30.2 Å². The fourth-order valence-corrected chi connectivity index (χ4v) is 0.431. The molecule has 1 aromatic carbocycles. The standard InChI is InChI=1S/C7H9NO/c8-9-6-7-4-2-1-3-5-7/h1-5H,6,8H2/i1D,2D,3D,4D,5D. The van der Waals surface area contributed by atoms with Gasteiger partial charge in [0.05, 0.1) is 13.5 Å². The van der Waals surface area contributed by atoms with E-state index in [4.69, 9.17) is 12.8 Å². The predicted octanol–water partition coefficient (Wildman–Crippen LogP) is 1.08. The molecule has 1 rings (SSSR count). The third-order valence-electron chi connectivity index (χ3n) is 0.779. The second kappa shape index (κ2) is 3.22. The molecule has 0 amide bonds. The van der Waals surface area contributed by atoms with Gasteiger partial charge in [-0.25, -0.2) is 5.90 Å². The molecular weight excluding hydrogens is 114 g/mol. The number of nitrogens with two attached hydrogens (primary N) is 1. The van der Waals surface area contributed by atoms with E-state index >= 15 is 0 Å². The maximum absolute atomic E-state index is 7.43. The van der Waals surface area contributed by atoms with Gasteiger partial charge in [0.1, 0.15) is 0 Å². The van der Waals surface area contributed by atoms with Crippen LogP contribution in [0.1, 0.15) is 12.4 Å². The second-order valence-electron chi connectivity index (χ2n) is 1.41. The van der Waals surface area contributed by atoms with Crippen molar-refractivity contribution in [1.29, 1.82) is 0 Å². The van der Waals surface area contributed by atoms with Gasteiger partial charge in [0.25, 0.3) is 0 Å². The highest BCUT2D eigenvalue weighted by molar-refractivity contribution is 5.13. The van der Waals surface area contributed by atoms with Gasteiger partial charge in [-0.3, -0.25) is 4.84 Å². The minimum Gasteiger partial charge on any atom is -0.300 e. The normalized spacial score (nSPS) is 17.2. The first-order valence-electron chi connectivity index (χ1n) is 4.88. The molecule has 0 aromatic heterocycles. The molecule has 1 aromatic rings. The Bertz CT molecular complexity index is 339. The highest BCUT2D eigenvalue weighted by Crippen LogP contribution is 1.97. The predicted molar refractivity (Wildman–Crippen MR) is 35.4 cm³/mol. The van der Waals surface area contributed by atoms with Crippen LogP contribution in [-0.4, -0.2) is 0 Å². The van der Waals surface area contributed by atoms with Crippen molar-refractivity contribution in [3.05, 3.63) is 35.8 Å². The molecule has 0 aliphatic rings. The zero-order valence-corrected chi connectivity index (χ0v) is 4.69. The lowest BCUT2D eigenvalue weighted by molar-refractivity contribution is 0.124. The van der Waals surface area contributed by atoms with Gasteiger partial charge in [-0.2, -0.15) is 0 Å². The maximum atomic E-state index is 7.43. The molecule has 48 valence electrons. The Labute approximate surface area is 61.2 Å². The molecule has 0 radical (unpaired) electrons. The van der Waals surface area contributed by atoms with Crippen LogP contribution in [0.5, 0.6) is 0 Å². The van der Waals surface area contributed by atoms with E-state index in [2.05, 4.69) is 4.84 Å². The van der Waals surface area contributed by atoms with E-state index in [0.717, 1.165) is 0 Å². The van der Waals surface area contributed by atoms with Crippen molar-refractivity contribution in [3.8, 4) is 0 Å². The van der Waals surface area contributed by atoms with E-state index in [9.17, 15) is 0 Å². The van der Waals surface area contributed by atoms with Gasteiger partial charge in [0.2, 0.25) is 0 Å². The van der Waals surface area contributed by atoms with Gasteiger partial charge in [-0.15, -0.1) is 0 Å². The van der Waals surface area contributed by atoms with Crippen LogP contribution in [0.3, 0.4) is 0 Å². The summed E-state index contributed by atoms with van der Waals surface area (Å²) in [4.78, 5) is 4.27. The maximum Gasteiger partial charge on any atom is 0.0930 e. The zero-order valence-electron chi connectivity index (χ0n) is 9.69. The van der Waals surface area contributed by atoms with Crippen molar-refractivity contribution in [2.75, 3.05) is 0 Å². The number of benzene rings is 1. The quantitative estimate of drug-likeness (QED) is 0.605. The van der Waals surface area contributed by atoms with E-state index in [-0.39, 0.29) is 36.3 Å². The molecule has 0 bridgehead atoms. The average molecular weight is 128 g/mol. The van der Waals surface area contributed by atoms with Crippen molar-refractivity contribution in [2.45, 2.75) is 6.61 Å². The third-order valence-corrected chi connectivity index (χ3v) is 0.779. The fourth-order valence-electron chi connectivity index (χ4n) is 0.431. The van der Waals surface area contributed by atoms with Crippen LogP contribution in [0.25, 0.3) is 0 Å². The molecule has 0 aliphatic heterocycles. The van der Waals surface area contributed by atoms with Crippen molar-refractivity contribution in [2.24, 2.45) is 5.90 Å². The van der Waals surface area contributed by atoms with Gasteiger partial charge in [-0.05, 0) is 5.56 Å². The molecule has 0 saturated carbocycles. The molecular formula is C7H9NO. The highest BCUT2D eigenvalue weighted by Gasteiger charge is 1.85. The van der Waals surface area contributed by atoms with Crippen LogP contribution in [-0.2, 0) is 11.4 Å². The fraction of sp³-hybridized carbons (Fsp3) is 0.143. The Hall–Kier alpha value is -0.860. The topological polar surface area (TPSA) is 35.2 Å². The Morgan fingerprint density at radius 2 is 2.11 bits per heavy atom. The summed E-state index contributed by atoms with van der Waals surface area (Å²) in [5, 5.41) is 0. The van der Waals surface area contributed by atoms with E-state index in [0.29, 0.717) is 0 Å². The van der Waals surface area contributed by atoms with E-state index in [1.54, 1.807) is 0 Å². The summed E-state index contributed by atoms with van der Waals surface area (Å²) in [5.74, 6) is 4.80. The van der Waals surface area contributed by atoms with Crippen molar-refractivity contribution in [1.82, 2.24) is 0 Å². The van der Waals surface area contributed by atoms with Gasteiger partial charge in [0.15, 0.2) is 0 Å². The lowest BCUT2D eigenvalue weighted by atomic mass is 10.2. The monoisotopic (exact) mass is 128 g/mol. The average Bonchev–Trinajstić information content (AvgIpc) is 2.19. The van der Waals surface area contributed by atoms with Crippen LogP contribution >= 0.6 is 0 Å². The zero-order chi connectivity index (χ0) is 10.9. The summed E-state index contributed by atoms with van der Waals surface area (Å²) >= 11 is 0. The van der Waals surface area contributed by atoms with Gasteiger partial charge in [0, 0.05) is 0 Å². The molecule has 2 nitrogen and oxygen atoms in total. The van der Waals surface area contributed by atoms with E-state index in [1.165, 1.54) is 0 Å². The van der Waals surface area contributed by atoms with Crippen LogP contribution in [0.2, 0.25) is 0 Å². The minimum atomic E-state index is -0.416. The molecule has 0 unspecified atom stereocenters. The van der Waals surface area contributed by atoms with Crippen LogP contribution in [0.4, 0.5) is 0 Å². The van der Waals surface area contributed by atoms with E-state index < -0.39 is 6.04 Å². The molecule has 0 saturated heterocycles. The molecule has 0 heterocycles. The second-order valence-corrected chi connectivity index (χ2v) is 1.41. The molecule has 0 fully saturated rings. The summed E-state index contributed by atoms with van der Waals surface area (Å²) in [5.41, 5.74) is 0.0681. The lowest BCUT2D eigenvalue weighted by Gasteiger charge is -1.94. The summed E-state index contributed by atoms with van der Waals surface area (Å²) in [7, 11) is 0. The Balaban J connectivity index is 3.43. The summed E-state index contributed by atoms with van der Waals surface area (Å²) in [6.45, 7) is -0.199. The summed E-state index contributed by atoms with van der Waals surface area (Å²) in [6.07, 6.45) is 0. The van der Waals surface area contributed by atoms with Crippen LogP contribution in [0.15, 0.2) is 30.2 Å². The van der Waals surface area contributed by atoms with E-state index in [1.807, 2.05) is 0 Å². The summed E-state index contributed by atoms with van der Waals surface area (Å²) in [6, 6.07) is -1.72. The van der Waals surface area contributed by atoms with Crippen LogP contribution < -0.4 is 5.90 Å². The first-order chi connectivity index (χ1) is 6.50. The van der Waals surface area contributed by atoms with Gasteiger partial charge >= 0.3 is 0 Å². The molecule has 0 spiro atoms. The Morgan fingerprint density at radius 1 is 1.44 bits per heavy atom. The van der Waals surface area contributed by atoms with Crippen molar-refractivity contribution < 1.29 is 11.7 Å². The molecule has 9 heavy (non-hydrogen) atoms. The molecule has 2 N–H and O–H groups in total. The smallest absolute Gasteiger partial charge is 0.0930 e. The highest BCUT2D eigenvalue weighted by atomic mass is 16.6. The Kier molecular flexibility index (Phi) is 0.860. The minimum absolute atomic E-state index is 0.0681. The first-order valence-corrected chi connectivity index (χ1v) is 2.38.